The van der Waals surface area contributed by atoms with Gasteiger partial charge in [-0.3, -0.25) is 0 Å². The van der Waals surface area contributed by atoms with Gasteiger partial charge in [0.15, 0.2) is 0 Å². The Morgan fingerprint density at radius 3 is 2.50 bits per heavy atom. The summed E-state index contributed by atoms with van der Waals surface area (Å²) in [5.74, 6) is 0.553. The fourth-order valence-corrected chi connectivity index (χ4v) is 3.88. The molecule has 1 aliphatic carbocycles. The monoisotopic (exact) mass is 267 g/mol. The van der Waals surface area contributed by atoms with E-state index in [9.17, 15) is 0 Å². The van der Waals surface area contributed by atoms with Crippen molar-refractivity contribution < 1.29 is 0 Å². The van der Waals surface area contributed by atoms with Crippen LogP contribution in [0.4, 0.5) is 5.69 Å². The van der Waals surface area contributed by atoms with Crippen molar-refractivity contribution >= 4 is 11.3 Å². The molecule has 1 heterocycles. The lowest BCUT2D eigenvalue weighted by Crippen LogP contribution is -2.26. The van der Waals surface area contributed by atoms with Crippen molar-refractivity contribution in [3.63, 3.8) is 0 Å². The standard InChI is InChI=1S/C19H25N/c1-12-13(2)15(4)18(14(12)3)17-10-6-8-16-9-7-11-20(5)19(16)17/h6,8,10,14H,7,9,11H2,1-5H3. The van der Waals surface area contributed by atoms with Gasteiger partial charge in [-0.25, -0.2) is 0 Å². The maximum Gasteiger partial charge on any atom is 0.0472 e. The fourth-order valence-electron chi connectivity index (χ4n) is 3.88. The van der Waals surface area contributed by atoms with Gasteiger partial charge in [0.25, 0.3) is 0 Å². The van der Waals surface area contributed by atoms with Crippen LogP contribution in [-0.4, -0.2) is 13.6 Å². The van der Waals surface area contributed by atoms with E-state index in [0.29, 0.717) is 5.92 Å². The second kappa shape index (κ2) is 4.80. The van der Waals surface area contributed by atoms with E-state index in [4.69, 9.17) is 0 Å². The molecule has 20 heavy (non-hydrogen) atoms. The van der Waals surface area contributed by atoms with Gasteiger partial charge in [-0.1, -0.05) is 30.7 Å². The maximum atomic E-state index is 2.45. The zero-order chi connectivity index (χ0) is 14.4. The van der Waals surface area contributed by atoms with E-state index in [1.165, 1.54) is 52.9 Å². The summed E-state index contributed by atoms with van der Waals surface area (Å²) < 4.78 is 0. The second-order valence-corrected chi connectivity index (χ2v) is 6.41. The first-order valence-corrected chi connectivity index (χ1v) is 7.74. The van der Waals surface area contributed by atoms with Crippen LogP contribution >= 0.6 is 0 Å². The molecule has 1 aromatic rings. The van der Waals surface area contributed by atoms with Gasteiger partial charge in [-0.15, -0.1) is 0 Å². The summed E-state index contributed by atoms with van der Waals surface area (Å²) in [6.45, 7) is 10.4. The summed E-state index contributed by atoms with van der Waals surface area (Å²) in [6.07, 6.45) is 2.50. The highest BCUT2D eigenvalue weighted by Gasteiger charge is 2.28. The molecular formula is C19H25N. The van der Waals surface area contributed by atoms with Gasteiger partial charge < -0.3 is 4.90 Å². The average Bonchev–Trinajstić information content (AvgIpc) is 2.63. The summed E-state index contributed by atoms with van der Waals surface area (Å²) >= 11 is 0. The minimum atomic E-state index is 0.553. The molecule has 2 aliphatic rings. The van der Waals surface area contributed by atoms with E-state index in [1.54, 1.807) is 5.57 Å². The second-order valence-electron chi connectivity index (χ2n) is 6.41. The number of para-hydroxylation sites is 1. The van der Waals surface area contributed by atoms with Gasteiger partial charge in [0.2, 0.25) is 0 Å². The van der Waals surface area contributed by atoms with E-state index in [1.807, 2.05) is 0 Å². The first kappa shape index (κ1) is 13.5. The number of fused-ring (bicyclic) bond motifs is 1. The molecule has 1 heteroatoms. The Kier molecular flexibility index (Phi) is 3.24. The minimum absolute atomic E-state index is 0.553. The van der Waals surface area contributed by atoms with Gasteiger partial charge in [-0.2, -0.15) is 0 Å². The molecule has 0 fully saturated rings. The van der Waals surface area contributed by atoms with E-state index >= 15 is 0 Å². The summed E-state index contributed by atoms with van der Waals surface area (Å²) in [6, 6.07) is 6.86. The molecular weight excluding hydrogens is 242 g/mol. The Hall–Kier alpha value is -1.50. The number of benzene rings is 1. The topological polar surface area (TPSA) is 3.24 Å². The first-order chi connectivity index (χ1) is 9.52. The molecule has 1 aromatic carbocycles. The van der Waals surface area contributed by atoms with Crippen LogP contribution in [-0.2, 0) is 6.42 Å². The fraction of sp³-hybridized carbons (Fsp3) is 0.474. The molecule has 1 aliphatic heterocycles. The third-order valence-corrected chi connectivity index (χ3v) is 5.37. The molecule has 1 unspecified atom stereocenters. The van der Waals surface area contributed by atoms with E-state index in [2.05, 4.69) is 57.8 Å². The van der Waals surface area contributed by atoms with Crippen molar-refractivity contribution in [2.24, 2.45) is 5.92 Å². The van der Waals surface area contributed by atoms with Crippen LogP contribution in [0.15, 0.2) is 34.9 Å². The average molecular weight is 267 g/mol. The predicted molar refractivity (Wildman–Crippen MR) is 88.2 cm³/mol. The number of nitrogens with zero attached hydrogens (tertiary/aromatic N) is 1. The van der Waals surface area contributed by atoms with Crippen LogP contribution < -0.4 is 4.90 Å². The molecule has 0 aromatic heterocycles. The van der Waals surface area contributed by atoms with Crippen molar-refractivity contribution in [1.82, 2.24) is 0 Å². The Labute approximate surface area is 123 Å². The number of hydrogen-bond acceptors (Lipinski definition) is 1. The van der Waals surface area contributed by atoms with Crippen molar-refractivity contribution in [2.75, 3.05) is 18.5 Å². The number of aryl methyl sites for hydroxylation is 1. The van der Waals surface area contributed by atoms with Gasteiger partial charge in [0, 0.05) is 30.8 Å². The van der Waals surface area contributed by atoms with Gasteiger partial charge in [-0.05, 0) is 55.9 Å². The van der Waals surface area contributed by atoms with Gasteiger partial charge >= 0.3 is 0 Å². The molecule has 0 spiro atoms. The molecule has 0 radical (unpaired) electrons. The Bertz CT molecular complexity index is 619. The Morgan fingerprint density at radius 2 is 1.85 bits per heavy atom. The normalized spacial score (nSPS) is 22.6. The van der Waals surface area contributed by atoms with Crippen LogP contribution in [0.25, 0.3) is 5.57 Å². The number of anilines is 1. The lowest BCUT2D eigenvalue weighted by Gasteiger charge is -2.31. The highest BCUT2D eigenvalue weighted by atomic mass is 15.1. The third kappa shape index (κ3) is 1.83. The molecule has 0 saturated heterocycles. The summed E-state index contributed by atoms with van der Waals surface area (Å²) in [4.78, 5) is 2.45. The highest BCUT2D eigenvalue weighted by molar-refractivity contribution is 5.87. The Balaban J connectivity index is 2.18. The van der Waals surface area contributed by atoms with Gasteiger partial charge in [0.1, 0.15) is 0 Å². The van der Waals surface area contributed by atoms with Crippen LogP contribution in [0.5, 0.6) is 0 Å². The van der Waals surface area contributed by atoms with Crippen LogP contribution in [0, 0.1) is 5.92 Å². The largest absolute Gasteiger partial charge is 0.374 e. The quantitative estimate of drug-likeness (QED) is 0.704. The molecule has 3 rings (SSSR count). The number of allylic oxidation sites excluding steroid dienone is 4. The van der Waals surface area contributed by atoms with E-state index in [0.717, 1.165) is 0 Å². The molecule has 0 amide bonds. The predicted octanol–water partition coefficient (Wildman–Crippen LogP) is 4.83. The molecule has 106 valence electrons. The third-order valence-electron chi connectivity index (χ3n) is 5.37. The summed E-state index contributed by atoms with van der Waals surface area (Å²) in [5, 5.41) is 0. The van der Waals surface area contributed by atoms with Crippen molar-refractivity contribution in [3.8, 4) is 0 Å². The van der Waals surface area contributed by atoms with E-state index < -0.39 is 0 Å². The highest BCUT2D eigenvalue weighted by Crippen LogP contribution is 2.46. The zero-order valence-electron chi connectivity index (χ0n) is 13.4. The SMILES string of the molecule is CC1=C(C)C(C)C(c2cccc3c2N(C)CCC3)=C1C. The molecule has 1 atom stereocenters. The van der Waals surface area contributed by atoms with Crippen molar-refractivity contribution in [1.29, 1.82) is 0 Å². The minimum Gasteiger partial charge on any atom is -0.374 e. The van der Waals surface area contributed by atoms with Crippen LogP contribution in [0.3, 0.4) is 0 Å². The first-order valence-electron chi connectivity index (χ1n) is 7.74. The lowest BCUT2D eigenvalue weighted by molar-refractivity contribution is 0.742. The smallest absolute Gasteiger partial charge is 0.0472 e. The summed E-state index contributed by atoms with van der Waals surface area (Å²) in [7, 11) is 2.24. The summed E-state index contributed by atoms with van der Waals surface area (Å²) in [5.41, 5.74) is 10.5. The zero-order valence-corrected chi connectivity index (χ0v) is 13.4. The molecule has 1 nitrogen and oxygen atoms in total. The van der Waals surface area contributed by atoms with E-state index in [-0.39, 0.29) is 0 Å². The Morgan fingerprint density at radius 1 is 1.10 bits per heavy atom. The van der Waals surface area contributed by atoms with Crippen molar-refractivity contribution in [2.45, 2.75) is 40.5 Å². The maximum absolute atomic E-state index is 2.45. The molecule has 0 N–H and O–H groups in total. The molecule has 0 bridgehead atoms. The lowest BCUT2D eigenvalue weighted by atomic mass is 9.87. The number of rotatable bonds is 1. The van der Waals surface area contributed by atoms with Gasteiger partial charge in [0.05, 0.1) is 0 Å². The molecule has 0 saturated carbocycles. The van der Waals surface area contributed by atoms with Crippen molar-refractivity contribution in [3.05, 3.63) is 46.0 Å². The van der Waals surface area contributed by atoms with Crippen LogP contribution in [0.1, 0.15) is 45.2 Å². The van der Waals surface area contributed by atoms with Crippen LogP contribution in [0.2, 0.25) is 0 Å². The number of hydrogen-bond donors (Lipinski definition) is 0.